The summed E-state index contributed by atoms with van der Waals surface area (Å²) in [4.78, 5) is 14.5. The van der Waals surface area contributed by atoms with Crippen molar-refractivity contribution in [3.05, 3.63) is 36.0 Å². The van der Waals surface area contributed by atoms with E-state index in [1.165, 1.54) is 13.0 Å². The van der Waals surface area contributed by atoms with Crippen molar-refractivity contribution in [1.29, 1.82) is 0 Å². The Labute approximate surface area is 161 Å². The van der Waals surface area contributed by atoms with Crippen LogP contribution < -0.4 is 5.32 Å². The Bertz CT molecular complexity index is 812. The first-order chi connectivity index (χ1) is 12.1. The third-order valence-corrected chi connectivity index (χ3v) is 6.38. The number of aromatic nitrogens is 1. The lowest BCUT2D eigenvalue weighted by atomic mass is 9.79. The van der Waals surface area contributed by atoms with Gasteiger partial charge in [-0.05, 0) is 33.4 Å². The molecule has 2 heterocycles. The number of ether oxygens (including phenoxy) is 1. The maximum absolute atomic E-state index is 11.6. The van der Waals surface area contributed by atoms with Crippen LogP contribution in [0, 0.1) is 0 Å². The van der Waals surface area contributed by atoms with Crippen molar-refractivity contribution in [2.75, 3.05) is 6.61 Å². The van der Waals surface area contributed by atoms with Gasteiger partial charge in [0.05, 0.1) is 12.3 Å². The fourth-order valence-electron chi connectivity index (χ4n) is 3.20. The van der Waals surface area contributed by atoms with E-state index in [0.717, 1.165) is 0 Å². The molecule has 0 unspecified atom stereocenters. The summed E-state index contributed by atoms with van der Waals surface area (Å²) in [7, 11) is 0. The normalized spacial score (nSPS) is 37.7. The van der Waals surface area contributed by atoms with E-state index in [0.29, 0.717) is 10.9 Å². The molecule has 0 radical (unpaired) electrons. The molecular formula is C16H18BrClN2O6. The number of rotatable bonds is 3. The predicted octanol–water partition coefficient (Wildman–Crippen LogP) is 0.220. The summed E-state index contributed by atoms with van der Waals surface area (Å²) in [5, 5.41) is 42.9. The number of alkyl halides is 2. The minimum atomic E-state index is -2.68. The van der Waals surface area contributed by atoms with Crippen molar-refractivity contribution in [2.45, 2.75) is 34.4 Å². The highest BCUT2D eigenvalue weighted by Gasteiger charge is 2.72. The van der Waals surface area contributed by atoms with E-state index >= 15 is 0 Å². The van der Waals surface area contributed by atoms with Crippen molar-refractivity contribution < 1.29 is 30.0 Å². The number of hydrogen-bond donors (Lipinski definition) is 6. The fraction of sp³-hybridized carbons (Fsp3) is 0.438. The second kappa shape index (κ2) is 6.45. The zero-order valence-corrected chi connectivity index (χ0v) is 16.0. The second-order valence-electron chi connectivity index (χ2n) is 6.23. The molecule has 1 aliphatic rings. The van der Waals surface area contributed by atoms with Gasteiger partial charge in [0.25, 0.3) is 0 Å². The van der Waals surface area contributed by atoms with Gasteiger partial charge in [-0.1, -0.05) is 29.8 Å². The number of fused-ring (bicyclic) bond motifs is 1. The summed E-state index contributed by atoms with van der Waals surface area (Å²) < 4.78 is 3.09. The molecule has 142 valence electrons. The number of H-pyrrole nitrogens is 1. The molecule has 5 atom stereocenters. The molecular weight excluding hydrogens is 432 g/mol. The first-order valence-electron chi connectivity index (χ1n) is 7.71. The molecule has 1 saturated heterocycles. The molecule has 2 aromatic rings. The Kier molecular flexibility index (Phi) is 4.85. The number of aliphatic hydroxyl groups is 4. The zero-order chi connectivity index (χ0) is 19.3. The van der Waals surface area contributed by atoms with Crippen LogP contribution in [0.1, 0.15) is 12.6 Å². The number of hydrogen-bond acceptors (Lipinski definition) is 6. The van der Waals surface area contributed by atoms with Gasteiger partial charge in [0.2, 0.25) is 11.0 Å². The number of nitrogens with one attached hydrogen (secondary N) is 2. The molecule has 1 amide bonds. The predicted molar refractivity (Wildman–Crippen MR) is 96.4 cm³/mol. The number of aliphatic hydroxyl groups excluding tert-OH is 2. The van der Waals surface area contributed by atoms with Gasteiger partial charge in [0.1, 0.15) is 6.04 Å². The van der Waals surface area contributed by atoms with E-state index in [2.05, 4.69) is 26.2 Å². The van der Waals surface area contributed by atoms with Crippen LogP contribution in [-0.2, 0) is 15.1 Å². The van der Waals surface area contributed by atoms with Crippen LogP contribution in [0.2, 0.25) is 0 Å². The van der Waals surface area contributed by atoms with E-state index in [-0.39, 0.29) is 5.69 Å². The molecule has 0 aliphatic carbocycles. The van der Waals surface area contributed by atoms with Crippen LogP contribution in [0.4, 0.5) is 0 Å². The van der Waals surface area contributed by atoms with Crippen molar-refractivity contribution in [1.82, 2.24) is 10.3 Å². The lowest BCUT2D eigenvalue weighted by Gasteiger charge is -2.55. The van der Waals surface area contributed by atoms with Crippen LogP contribution >= 0.6 is 27.5 Å². The van der Waals surface area contributed by atoms with Gasteiger partial charge in [-0.15, -0.1) is 0 Å². The molecule has 8 nitrogen and oxygen atoms in total. The number of halogens is 2. The number of benzene rings is 1. The number of aromatic amines is 1. The van der Waals surface area contributed by atoms with Gasteiger partial charge in [-0.2, -0.15) is 0 Å². The van der Waals surface area contributed by atoms with Gasteiger partial charge in [-0.3, -0.25) is 4.79 Å². The van der Waals surface area contributed by atoms with Gasteiger partial charge >= 0.3 is 0 Å². The largest absolute Gasteiger partial charge is 0.392 e. The fourth-order valence-corrected chi connectivity index (χ4v) is 4.01. The van der Waals surface area contributed by atoms with Gasteiger partial charge < -0.3 is 35.5 Å². The van der Waals surface area contributed by atoms with Crippen molar-refractivity contribution in [3.8, 4) is 0 Å². The Morgan fingerprint density at radius 3 is 2.65 bits per heavy atom. The van der Waals surface area contributed by atoms with E-state index in [1.807, 2.05) is 0 Å². The Morgan fingerprint density at radius 1 is 1.42 bits per heavy atom. The van der Waals surface area contributed by atoms with E-state index in [1.54, 1.807) is 24.3 Å². The molecule has 6 N–H and O–H groups in total. The summed E-state index contributed by atoms with van der Waals surface area (Å²) in [6.07, 6.45) is -1.79. The highest BCUT2D eigenvalue weighted by molar-refractivity contribution is 9.10. The molecule has 1 aromatic heterocycles. The Balaban J connectivity index is 2.25. The average Bonchev–Trinajstić information content (AvgIpc) is 3.01. The maximum atomic E-state index is 11.6. The highest BCUT2D eigenvalue weighted by Crippen LogP contribution is 2.54. The first-order valence-corrected chi connectivity index (χ1v) is 8.88. The highest BCUT2D eigenvalue weighted by atomic mass is 79.9. The van der Waals surface area contributed by atoms with Crippen LogP contribution in [0.25, 0.3) is 10.9 Å². The summed E-state index contributed by atoms with van der Waals surface area (Å²) in [6.45, 7) is 0.299. The third kappa shape index (κ3) is 2.66. The third-order valence-electron chi connectivity index (χ3n) is 4.55. The molecule has 10 heteroatoms. The molecule has 0 spiro atoms. The smallest absolute Gasteiger partial charge is 0.217 e. The van der Waals surface area contributed by atoms with Crippen LogP contribution in [-0.4, -0.2) is 59.8 Å². The van der Waals surface area contributed by atoms with Gasteiger partial charge in [0, 0.05) is 12.4 Å². The Hall–Kier alpha value is -1.20. The minimum absolute atomic E-state index is 0.0228. The molecule has 1 fully saturated rings. The lowest BCUT2D eigenvalue weighted by Crippen LogP contribution is -2.77. The molecule has 0 saturated carbocycles. The number of para-hydroxylation sites is 1. The average molecular weight is 450 g/mol. The number of carbonyl (C=O) groups is 1. The van der Waals surface area contributed by atoms with Gasteiger partial charge in [-0.25, -0.2) is 0 Å². The monoisotopic (exact) mass is 448 g/mol. The SMILES string of the molecule is CC(=O)N[C@H]1[C@H](O)O[C@](Br)(CO)[C@@](O)(Cl)[C@@]1(O)c1cc2ccccc2[nH]1. The molecule has 26 heavy (non-hydrogen) atoms. The molecule has 1 aliphatic heterocycles. The van der Waals surface area contributed by atoms with E-state index < -0.39 is 40.0 Å². The first kappa shape index (κ1) is 19.6. The van der Waals surface area contributed by atoms with Crippen LogP contribution in [0.5, 0.6) is 0 Å². The maximum Gasteiger partial charge on any atom is 0.217 e. The Morgan fingerprint density at radius 2 is 2.08 bits per heavy atom. The summed E-state index contributed by atoms with van der Waals surface area (Å²) in [5.74, 6) is -0.592. The standard InChI is InChI=1S/C16H18BrClN2O6/c1-8(22)19-12-13(23)26-14(17,7-21)16(18,25)15(12,24)11-6-9-4-2-3-5-10(9)20-11/h2-6,12-13,20-21,23-25H,7H2,1H3,(H,19,22)/t12-,13+,14+,15+,16-/m0/s1. The topological polar surface area (TPSA) is 135 Å². The quantitative estimate of drug-likeness (QED) is 0.371. The molecule has 3 rings (SSSR count). The van der Waals surface area contributed by atoms with Crippen molar-refractivity contribution >= 4 is 44.3 Å². The van der Waals surface area contributed by atoms with Gasteiger partial charge in [0.15, 0.2) is 16.4 Å². The number of carbonyl (C=O) groups excluding carboxylic acids is 1. The summed E-state index contributed by atoms with van der Waals surface area (Å²) >= 11 is 9.25. The van der Waals surface area contributed by atoms with Crippen molar-refractivity contribution in [2.24, 2.45) is 0 Å². The van der Waals surface area contributed by atoms with E-state index in [9.17, 15) is 25.2 Å². The van der Waals surface area contributed by atoms with E-state index in [4.69, 9.17) is 16.3 Å². The summed E-state index contributed by atoms with van der Waals surface area (Å²) in [6, 6.07) is 7.05. The van der Waals surface area contributed by atoms with Crippen LogP contribution in [0.15, 0.2) is 30.3 Å². The van der Waals surface area contributed by atoms with Crippen LogP contribution in [0.3, 0.4) is 0 Å². The number of amides is 1. The molecule has 1 aromatic carbocycles. The second-order valence-corrected chi connectivity index (χ2v) is 8.06. The lowest BCUT2D eigenvalue weighted by molar-refractivity contribution is -0.317. The molecule has 0 bridgehead atoms. The summed E-state index contributed by atoms with van der Waals surface area (Å²) in [5.41, 5.74) is -1.80. The zero-order valence-electron chi connectivity index (χ0n) is 13.6. The minimum Gasteiger partial charge on any atom is -0.392 e. The van der Waals surface area contributed by atoms with Crippen molar-refractivity contribution in [3.63, 3.8) is 0 Å².